The molecular weight excluding hydrogens is 324 g/mol. The van der Waals surface area contributed by atoms with E-state index < -0.39 is 0 Å². The lowest BCUT2D eigenvalue weighted by molar-refractivity contribution is 0.356. The van der Waals surface area contributed by atoms with Crippen LogP contribution in [0.15, 0.2) is 59.6 Å². The maximum atomic E-state index is 9.45. The molecule has 0 fully saturated rings. The van der Waals surface area contributed by atoms with E-state index >= 15 is 0 Å². The Balaban J connectivity index is 1.51. The van der Waals surface area contributed by atoms with Crippen molar-refractivity contribution in [1.82, 2.24) is 4.90 Å². The van der Waals surface area contributed by atoms with Gasteiger partial charge in [0.25, 0.3) is 0 Å². The van der Waals surface area contributed by atoms with Gasteiger partial charge in [-0.25, -0.2) is 0 Å². The topological polar surface area (TPSA) is 27.0 Å². The Kier molecular flexibility index (Phi) is 5.83. The number of hydrogen-bond donors (Lipinski definition) is 0. The maximum absolute atomic E-state index is 9.45. The number of thioether (sulfide) groups is 1. The fourth-order valence-corrected chi connectivity index (χ4v) is 4.16. The van der Waals surface area contributed by atoms with Gasteiger partial charge in [0.1, 0.15) is 0 Å². The molecule has 1 aliphatic heterocycles. The normalized spacial score (nSPS) is 14.4. The SMILES string of the molecule is CC1=CN(CCCC(C#N)Sc2ccc(C)cc2)Cc2ccccc21. The van der Waals surface area contributed by atoms with Crippen molar-refractivity contribution in [2.75, 3.05) is 6.54 Å². The molecule has 0 aromatic heterocycles. The highest BCUT2D eigenvalue weighted by molar-refractivity contribution is 8.00. The summed E-state index contributed by atoms with van der Waals surface area (Å²) in [7, 11) is 0. The third-order valence-corrected chi connectivity index (χ3v) is 5.72. The zero-order valence-corrected chi connectivity index (χ0v) is 15.7. The predicted molar refractivity (Wildman–Crippen MR) is 106 cm³/mol. The molecule has 1 aliphatic rings. The maximum Gasteiger partial charge on any atom is 0.0964 e. The lowest BCUT2D eigenvalue weighted by Crippen LogP contribution is -2.23. The molecule has 0 saturated carbocycles. The smallest absolute Gasteiger partial charge is 0.0964 e. The molecule has 0 bridgehead atoms. The summed E-state index contributed by atoms with van der Waals surface area (Å²) in [6, 6.07) is 19.5. The van der Waals surface area contributed by atoms with Crippen molar-refractivity contribution in [2.24, 2.45) is 0 Å². The van der Waals surface area contributed by atoms with Crippen molar-refractivity contribution in [3.63, 3.8) is 0 Å². The Morgan fingerprint density at radius 3 is 2.64 bits per heavy atom. The number of nitriles is 1. The van der Waals surface area contributed by atoms with E-state index in [1.165, 1.54) is 27.2 Å². The minimum absolute atomic E-state index is 0.0184. The summed E-state index contributed by atoms with van der Waals surface area (Å²) in [5.74, 6) is 0. The number of aryl methyl sites for hydroxylation is 1. The average Bonchev–Trinajstić information content (AvgIpc) is 2.62. The minimum atomic E-state index is 0.0184. The summed E-state index contributed by atoms with van der Waals surface area (Å²) in [6.45, 7) is 6.23. The van der Waals surface area contributed by atoms with Crippen LogP contribution >= 0.6 is 11.8 Å². The van der Waals surface area contributed by atoms with Crippen molar-refractivity contribution >= 4 is 17.3 Å². The highest BCUT2D eigenvalue weighted by Crippen LogP contribution is 2.28. The highest BCUT2D eigenvalue weighted by atomic mass is 32.2. The first kappa shape index (κ1) is 17.6. The zero-order valence-electron chi connectivity index (χ0n) is 14.9. The number of benzene rings is 2. The van der Waals surface area contributed by atoms with Crippen molar-refractivity contribution in [3.05, 3.63) is 71.4 Å². The standard InChI is InChI=1S/C22H24N2S/c1-17-9-11-20(12-10-17)25-21(14-23)7-5-13-24-15-18(2)22-8-4-3-6-19(22)16-24/h3-4,6,8-12,15,21H,5,7,13,16H2,1-2H3. The first-order valence-corrected chi connectivity index (χ1v) is 9.67. The van der Waals surface area contributed by atoms with Gasteiger partial charge in [0, 0.05) is 24.2 Å². The molecule has 3 heteroatoms. The number of allylic oxidation sites excluding steroid dienone is 1. The molecular formula is C22H24N2S. The van der Waals surface area contributed by atoms with Crippen molar-refractivity contribution in [2.45, 2.75) is 43.4 Å². The van der Waals surface area contributed by atoms with E-state index in [2.05, 4.69) is 79.5 Å². The quantitative estimate of drug-likeness (QED) is 0.632. The fourth-order valence-electron chi connectivity index (χ4n) is 3.21. The Bertz CT molecular complexity index is 786. The number of rotatable bonds is 6. The largest absolute Gasteiger partial charge is 0.373 e. The van der Waals surface area contributed by atoms with Gasteiger partial charge < -0.3 is 4.90 Å². The van der Waals surface area contributed by atoms with E-state index in [0.717, 1.165) is 25.9 Å². The summed E-state index contributed by atoms with van der Waals surface area (Å²) in [5, 5.41) is 9.47. The van der Waals surface area contributed by atoms with Gasteiger partial charge in [-0.2, -0.15) is 5.26 Å². The van der Waals surface area contributed by atoms with E-state index in [0.29, 0.717) is 0 Å². The number of hydrogen-bond acceptors (Lipinski definition) is 3. The Morgan fingerprint density at radius 2 is 1.88 bits per heavy atom. The molecule has 0 aliphatic carbocycles. The monoisotopic (exact) mass is 348 g/mol. The molecule has 0 amide bonds. The molecule has 3 rings (SSSR count). The van der Waals surface area contributed by atoms with Crippen molar-refractivity contribution in [1.29, 1.82) is 5.26 Å². The molecule has 1 unspecified atom stereocenters. The summed E-state index contributed by atoms with van der Waals surface area (Å²) in [6.07, 6.45) is 4.21. The van der Waals surface area contributed by atoms with Crippen LogP contribution in [0.5, 0.6) is 0 Å². The molecule has 0 radical (unpaired) electrons. The minimum Gasteiger partial charge on any atom is -0.373 e. The number of nitrogens with zero attached hydrogens (tertiary/aromatic N) is 2. The van der Waals surface area contributed by atoms with Gasteiger partial charge in [0.05, 0.1) is 11.3 Å². The van der Waals surface area contributed by atoms with Crippen LogP contribution < -0.4 is 0 Å². The third kappa shape index (κ3) is 4.67. The molecule has 25 heavy (non-hydrogen) atoms. The van der Waals surface area contributed by atoms with Gasteiger partial charge in [0.15, 0.2) is 0 Å². The first-order chi connectivity index (χ1) is 12.2. The van der Waals surface area contributed by atoms with Gasteiger partial charge in [-0.05, 0) is 55.5 Å². The molecule has 1 atom stereocenters. The number of fused-ring (bicyclic) bond motifs is 1. The van der Waals surface area contributed by atoms with E-state index in [-0.39, 0.29) is 5.25 Å². The molecule has 2 aromatic rings. The van der Waals surface area contributed by atoms with Crippen LogP contribution in [0.25, 0.3) is 5.57 Å². The van der Waals surface area contributed by atoms with Crippen molar-refractivity contribution in [3.8, 4) is 6.07 Å². The molecule has 128 valence electrons. The van der Waals surface area contributed by atoms with Crippen molar-refractivity contribution < 1.29 is 0 Å². The highest BCUT2D eigenvalue weighted by Gasteiger charge is 2.15. The molecule has 2 aromatic carbocycles. The fraction of sp³-hybridized carbons (Fsp3) is 0.318. The third-order valence-electron chi connectivity index (χ3n) is 4.55. The first-order valence-electron chi connectivity index (χ1n) is 8.79. The zero-order chi connectivity index (χ0) is 17.6. The summed E-state index contributed by atoms with van der Waals surface area (Å²) < 4.78 is 0. The Labute approximate surface area is 155 Å². The summed E-state index contributed by atoms with van der Waals surface area (Å²) in [4.78, 5) is 3.56. The summed E-state index contributed by atoms with van der Waals surface area (Å²) in [5.41, 5.74) is 5.34. The lowest BCUT2D eigenvalue weighted by Gasteiger charge is -2.28. The predicted octanol–water partition coefficient (Wildman–Crippen LogP) is 5.64. The molecule has 1 heterocycles. The Hall–Kier alpha value is -2.18. The van der Waals surface area contributed by atoms with E-state index in [9.17, 15) is 5.26 Å². The van der Waals surface area contributed by atoms with Crippen LogP contribution in [-0.4, -0.2) is 16.7 Å². The lowest BCUT2D eigenvalue weighted by atomic mass is 9.98. The van der Waals surface area contributed by atoms with E-state index in [1.54, 1.807) is 11.8 Å². The second-order valence-corrected chi connectivity index (χ2v) is 7.91. The van der Waals surface area contributed by atoms with E-state index in [4.69, 9.17) is 0 Å². The second kappa shape index (κ2) is 8.27. The second-order valence-electron chi connectivity index (χ2n) is 6.63. The van der Waals surface area contributed by atoms with Crippen LogP contribution in [-0.2, 0) is 6.54 Å². The Morgan fingerprint density at radius 1 is 1.12 bits per heavy atom. The van der Waals surface area contributed by atoms with Gasteiger partial charge in [-0.1, -0.05) is 42.0 Å². The van der Waals surface area contributed by atoms with Gasteiger partial charge in [0.2, 0.25) is 0 Å². The van der Waals surface area contributed by atoms with Crippen LogP contribution in [0.2, 0.25) is 0 Å². The molecule has 0 spiro atoms. The van der Waals surface area contributed by atoms with Crippen LogP contribution in [0.4, 0.5) is 0 Å². The van der Waals surface area contributed by atoms with Crippen LogP contribution in [0.3, 0.4) is 0 Å². The van der Waals surface area contributed by atoms with Gasteiger partial charge in [-0.15, -0.1) is 11.8 Å². The van der Waals surface area contributed by atoms with E-state index in [1.807, 2.05) is 0 Å². The molecule has 0 N–H and O–H groups in total. The average molecular weight is 349 g/mol. The molecule has 2 nitrogen and oxygen atoms in total. The van der Waals surface area contributed by atoms with Gasteiger partial charge >= 0.3 is 0 Å². The summed E-state index contributed by atoms with van der Waals surface area (Å²) >= 11 is 1.68. The van der Waals surface area contributed by atoms with Gasteiger partial charge in [-0.3, -0.25) is 0 Å². The molecule has 0 saturated heterocycles. The van der Waals surface area contributed by atoms with Crippen LogP contribution in [0, 0.1) is 18.3 Å². The van der Waals surface area contributed by atoms with Crippen LogP contribution in [0.1, 0.15) is 36.5 Å².